The van der Waals surface area contributed by atoms with E-state index in [-0.39, 0.29) is 0 Å². The van der Waals surface area contributed by atoms with E-state index in [1.165, 1.54) is 86.9 Å². The lowest BCUT2D eigenvalue weighted by Crippen LogP contribution is -1.93. The number of rotatable bonds is 2. The lowest BCUT2D eigenvalue weighted by Gasteiger charge is -2.20. The minimum Gasteiger partial charge on any atom is -0.0616 e. The number of hydrogen-bond acceptors (Lipinski definition) is 0. The van der Waals surface area contributed by atoms with Crippen LogP contribution in [0.25, 0.3) is 86.9 Å². The maximum Gasteiger partial charge on any atom is -0.00139 e. The van der Waals surface area contributed by atoms with Crippen LogP contribution in [0.2, 0.25) is 0 Å². The van der Waals surface area contributed by atoms with Gasteiger partial charge in [-0.2, -0.15) is 0 Å². The Labute approximate surface area is 244 Å². The summed E-state index contributed by atoms with van der Waals surface area (Å²) in [5, 5.41) is 15.4. The van der Waals surface area contributed by atoms with Crippen molar-refractivity contribution in [3.8, 4) is 22.3 Å². The highest BCUT2D eigenvalue weighted by atomic mass is 14.2. The average molecular weight is 531 g/mol. The molecule has 0 nitrogen and oxygen atoms in total. The average Bonchev–Trinajstić information content (AvgIpc) is 3.06. The smallest absolute Gasteiger partial charge is 0.00139 e. The lowest BCUT2D eigenvalue weighted by atomic mass is 9.83. The van der Waals surface area contributed by atoms with Crippen LogP contribution in [0.15, 0.2) is 158 Å². The van der Waals surface area contributed by atoms with E-state index in [0.29, 0.717) is 0 Å². The van der Waals surface area contributed by atoms with Gasteiger partial charge in [-0.25, -0.2) is 0 Å². The molecule has 0 heterocycles. The van der Waals surface area contributed by atoms with Crippen molar-refractivity contribution >= 4 is 64.6 Å². The van der Waals surface area contributed by atoms with Gasteiger partial charge in [0.2, 0.25) is 0 Å². The highest BCUT2D eigenvalue weighted by molar-refractivity contribution is 6.30. The van der Waals surface area contributed by atoms with E-state index in [4.69, 9.17) is 0 Å². The molecule has 0 bridgehead atoms. The van der Waals surface area contributed by atoms with Gasteiger partial charge in [-0.1, -0.05) is 146 Å². The summed E-state index contributed by atoms with van der Waals surface area (Å²) in [6, 6.07) is 58.2. The van der Waals surface area contributed by atoms with Gasteiger partial charge in [0, 0.05) is 0 Å². The van der Waals surface area contributed by atoms with Gasteiger partial charge in [-0.05, 0) is 99.0 Å². The molecule has 9 aromatic rings. The third-order valence-electron chi connectivity index (χ3n) is 8.99. The molecule has 0 heteroatoms. The number of hydrogen-bond donors (Lipinski definition) is 0. The Morgan fingerprint density at radius 2 is 0.690 bits per heavy atom. The second kappa shape index (κ2) is 9.03. The molecule has 0 radical (unpaired) electrons. The van der Waals surface area contributed by atoms with E-state index < -0.39 is 0 Å². The van der Waals surface area contributed by atoms with E-state index in [9.17, 15) is 0 Å². The monoisotopic (exact) mass is 530 g/mol. The first-order chi connectivity index (χ1) is 20.8. The Morgan fingerprint density at radius 3 is 1.36 bits per heavy atom. The Bertz CT molecular complexity index is 2510. The van der Waals surface area contributed by atoms with Crippen molar-refractivity contribution in [2.75, 3.05) is 0 Å². The molecular formula is C42H26. The summed E-state index contributed by atoms with van der Waals surface area (Å²) in [7, 11) is 0. The predicted molar refractivity (Wildman–Crippen MR) is 182 cm³/mol. The van der Waals surface area contributed by atoms with Crippen LogP contribution >= 0.6 is 0 Å². The summed E-state index contributed by atoms with van der Waals surface area (Å²) in [6.45, 7) is 0. The van der Waals surface area contributed by atoms with Crippen molar-refractivity contribution in [3.05, 3.63) is 158 Å². The van der Waals surface area contributed by atoms with Gasteiger partial charge in [0.25, 0.3) is 0 Å². The molecule has 194 valence electrons. The van der Waals surface area contributed by atoms with Crippen LogP contribution in [0, 0.1) is 0 Å². The predicted octanol–water partition coefficient (Wildman–Crippen LogP) is 11.9. The Morgan fingerprint density at radius 1 is 0.238 bits per heavy atom. The van der Waals surface area contributed by atoms with Crippen molar-refractivity contribution < 1.29 is 0 Å². The topological polar surface area (TPSA) is 0 Å². The fourth-order valence-corrected chi connectivity index (χ4v) is 7.07. The fraction of sp³-hybridized carbons (Fsp3) is 0. The fourth-order valence-electron chi connectivity index (χ4n) is 7.07. The van der Waals surface area contributed by atoms with E-state index in [2.05, 4.69) is 158 Å². The highest BCUT2D eigenvalue weighted by Crippen LogP contribution is 2.47. The quantitative estimate of drug-likeness (QED) is 0.154. The summed E-state index contributed by atoms with van der Waals surface area (Å²) < 4.78 is 0. The summed E-state index contributed by atoms with van der Waals surface area (Å²) in [5.41, 5.74) is 5.10. The van der Waals surface area contributed by atoms with Gasteiger partial charge in [0.15, 0.2) is 0 Å². The van der Waals surface area contributed by atoms with Gasteiger partial charge >= 0.3 is 0 Å². The number of fused-ring (bicyclic) bond motifs is 8. The minimum atomic E-state index is 1.25. The van der Waals surface area contributed by atoms with Crippen LogP contribution in [0.4, 0.5) is 0 Å². The van der Waals surface area contributed by atoms with Gasteiger partial charge in [0.05, 0.1) is 0 Å². The zero-order valence-electron chi connectivity index (χ0n) is 23.0. The summed E-state index contributed by atoms with van der Waals surface area (Å²) in [6.07, 6.45) is 0. The van der Waals surface area contributed by atoms with Crippen molar-refractivity contribution in [1.29, 1.82) is 0 Å². The normalized spacial score (nSPS) is 11.8. The van der Waals surface area contributed by atoms with Crippen LogP contribution in [-0.4, -0.2) is 0 Å². The van der Waals surface area contributed by atoms with Crippen molar-refractivity contribution in [2.24, 2.45) is 0 Å². The zero-order valence-corrected chi connectivity index (χ0v) is 23.0. The van der Waals surface area contributed by atoms with Gasteiger partial charge < -0.3 is 0 Å². The molecule has 0 saturated heterocycles. The Kier molecular flexibility index (Phi) is 5.00. The summed E-state index contributed by atoms with van der Waals surface area (Å²) >= 11 is 0. The third-order valence-corrected chi connectivity index (χ3v) is 8.99. The van der Waals surface area contributed by atoms with Crippen LogP contribution < -0.4 is 0 Å². The van der Waals surface area contributed by atoms with Crippen LogP contribution in [0.3, 0.4) is 0 Å². The molecule has 9 aromatic carbocycles. The Balaban J connectivity index is 1.51. The maximum atomic E-state index is 2.37. The first-order valence-corrected chi connectivity index (χ1v) is 14.6. The molecule has 42 heavy (non-hydrogen) atoms. The van der Waals surface area contributed by atoms with Crippen LogP contribution in [-0.2, 0) is 0 Å². The molecule has 0 saturated carbocycles. The van der Waals surface area contributed by atoms with Gasteiger partial charge in [-0.3, -0.25) is 0 Å². The molecule has 0 aliphatic rings. The molecule has 0 unspecified atom stereocenters. The van der Waals surface area contributed by atoms with Crippen molar-refractivity contribution in [3.63, 3.8) is 0 Å². The molecule has 0 spiro atoms. The van der Waals surface area contributed by atoms with Gasteiger partial charge in [-0.15, -0.1) is 0 Å². The molecule has 0 amide bonds. The molecular weight excluding hydrogens is 504 g/mol. The third kappa shape index (κ3) is 3.42. The SMILES string of the molecule is c1ccc2cc(-c3c4ccccc4c(-c4ccc5ccccc5c4)c4c3ccc3c5ccccc5ccc34)ccc2c1. The molecule has 0 aromatic heterocycles. The van der Waals surface area contributed by atoms with Crippen LogP contribution in [0.5, 0.6) is 0 Å². The van der Waals surface area contributed by atoms with E-state index >= 15 is 0 Å². The van der Waals surface area contributed by atoms with Crippen molar-refractivity contribution in [2.45, 2.75) is 0 Å². The molecule has 0 atom stereocenters. The molecule has 0 aliphatic carbocycles. The zero-order chi connectivity index (χ0) is 27.6. The molecule has 0 N–H and O–H groups in total. The first-order valence-electron chi connectivity index (χ1n) is 14.6. The first kappa shape index (κ1) is 23.3. The molecule has 0 fully saturated rings. The second-order valence-corrected chi connectivity index (χ2v) is 11.3. The lowest BCUT2D eigenvalue weighted by molar-refractivity contribution is 1.69. The highest BCUT2D eigenvalue weighted by Gasteiger charge is 2.19. The van der Waals surface area contributed by atoms with Crippen LogP contribution in [0.1, 0.15) is 0 Å². The second-order valence-electron chi connectivity index (χ2n) is 11.3. The van der Waals surface area contributed by atoms with Gasteiger partial charge in [0.1, 0.15) is 0 Å². The molecule has 9 rings (SSSR count). The summed E-state index contributed by atoms with van der Waals surface area (Å²) in [5.74, 6) is 0. The van der Waals surface area contributed by atoms with E-state index in [1.54, 1.807) is 0 Å². The van der Waals surface area contributed by atoms with E-state index in [0.717, 1.165) is 0 Å². The van der Waals surface area contributed by atoms with Crippen molar-refractivity contribution in [1.82, 2.24) is 0 Å². The standard InChI is InChI=1S/C42H26/c1-3-12-30-25-32(19-17-27(30)9-1)40-36-15-7-8-16-37(36)41(33-20-18-28-10-2-4-13-31(28)26-33)42-38-22-21-29-11-5-6-14-34(29)35(38)23-24-39(40)42/h1-26H. The largest absolute Gasteiger partial charge is 0.0616 e. The maximum absolute atomic E-state index is 2.37. The van der Waals surface area contributed by atoms with E-state index in [1.807, 2.05) is 0 Å². The Hall–Kier alpha value is -5.46. The molecule has 0 aliphatic heterocycles. The number of benzene rings is 9. The minimum absolute atomic E-state index is 1.25. The summed E-state index contributed by atoms with van der Waals surface area (Å²) in [4.78, 5) is 0.